The van der Waals surface area contributed by atoms with Gasteiger partial charge in [0.05, 0.1) is 25.7 Å². The molecule has 1 aliphatic rings. The molecule has 0 saturated carbocycles. The van der Waals surface area contributed by atoms with Gasteiger partial charge in [-0.25, -0.2) is 4.39 Å². The monoisotopic (exact) mass is 280 g/mol. The van der Waals surface area contributed by atoms with E-state index in [1.807, 2.05) is 19.0 Å². The van der Waals surface area contributed by atoms with Crippen molar-refractivity contribution in [1.29, 1.82) is 0 Å². The summed E-state index contributed by atoms with van der Waals surface area (Å²) >= 11 is 0. The number of nitrogens with zero attached hydrogens (tertiary/aromatic N) is 2. The van der Waals surface area contributed by atoms with Crippen molar-refractivity contribution in [3.05, 3.63) is 35.6 Å². The molecule has 1 fully saturated rings. The van der Waals surface area contributed by atoms with E-state index in [1.165, 1.54) is 12.1 Å². The van der Waals surface area contributed by atoms with Gasteiger partial charge in [0.25, 0.3) is 0 Å². The summed E-state index contributed by atoms with van der Waals surface area (Å²) in [6.45, 7) is 2.57. The number of rotatable bonds is 4. The average molecular weight is 280 g/mol. The Labute approximate surface area is 119 Å². The molecule has 1 heterocycles. The second kappa shape index (κ2) is 6.81. The van der Waals surface area contributed by atoms with Gasteiger partial charge in [0.2, 0.25) is 5.91 Å². The van der Waals surface area contributed by atoms with E-state index in [-0.39, 0.29) is 17.8 Å². The third-order valence-corrected chi connectivity index (χ3v) is 3.39. The summed E-state index contributed by atoms with van der Waals surface area (Å²) in [7, 11) is 3.97. The number of likely N-dealkylation sites (N-methyl/N-ethyl adjacent to an activating group) is 1. The Hall–Kier alpha value is -1.46. The molecule has 0 aromatic heterocycles. The number of morpholine rings is 1. The zero-order chi connectivity index (χ0) is 14.5. The van der Waals surface area contributed by atoms with Crippen LogP contribution in [-0.2, 0) is 16.0 Å². The molecule has 1 aromatic carbocycles. The lowest BCUT2D eigenvalue weighted by Gasteiger charge is -2.37. The molecule has 0 N–H and O–H groups in total. The quantitative estimate of drug-likeness (QED) is 0.829. The summed E-state index contributed by atoms with van der Waals surface area (Å²) in [4.78, 5) is 16.3. The van der Waals surface area contributed by atoms with Crippen LogP contribution in [0.5, 0.6) is 0 Å². The predicted octanol–water partition coefficient (Wildman–Crippen LogP) is 1.16. The largest absolute Gasteiger partial charge is 0.377 e. The maximum Gasteiger partial charge on any atom is 0.227 e. The summed E-state index contributed by atoms with van der Waals surface area (Å²) in [5.74, 6) is -0.204. The highest BCUT2D eigenvalue weighted by Crippen LogP contribution is 2.12. The molecule has 2 rings (SSSR count). The summed E-state index contributed by atoms with van der Waals surface area (Å²) in [6.07, 6.45) is 0.310. The van der Waals surface area contributed by atoms with Crippen LogP contribution < -0.4 is 0 Å². The first-order valence-electron chi connectivity index (χ1n) is 6.82. The maximum atomic E-state index is 12.9. The number of amides is 1. The molecule has 0 aliphatic carbocycles. The minimum absolute atomic E-state index is 0.0757. The zero-order valence-electron chi connectivity index (χ0n) is 12.0. The Morgan fingerprint density at radius 3 is 2.75 bits per heavy atom. The van der Waals surface area contributed by atoms with Gasteiger partial charge in [0, 0.05) is 13.1 Å². The third kappa shape index (κ3) is 4.02. The van der Waals surface area contributed by atoms with Gasteiger partial charge < -0.3 is 14.5 Å². The molecule has 1 unspecified atom stereocenters. The van der Waals surface area contributed by atoms with Gasteiger partial charge >= 0.3 is 0 Å². The summed E-state index contributed by atoms with van der Waals surface area (Å²) < 4.78 is 18.3. The van der Waals surface area contributed by atoms with E-state index in [9.17, 15) is 9.18 Å². The lowest BCUT2D eigenvalue weighted by atomic mass is 10.1. The predicted molar refractivity (Wildman–Crippen MR) is 75.0 cm³/mol. The summed E-state index contributed by atoms with van der Waals surface area (Å²) in [5.41, 5.74) is 0.839. The van der Waals surface area contributed by atoms with E-state index in [1.54, 1.807) is 12.1 Å². The van der Waals surface area contributed by atoms with Crippen LogP contribution in [0.1, 0.15) is 5.56 Å². The van der Waals surface area contributed by atoms with Crippen LogP contribution in [0.2, 0.25) is 0 Å². The van der Waals surface area contributed by atoms with Crippen molar-refractivity contribution < 1.29 is 13.9 Å². The van der Waals surface area contributed by atoms with E-state index in [2.05, 4.69) is 4.90 Å². The molecular formula is C15H21FN2O2. The fourth-order valence-corrected chi connectivity index (χ4v) is 2.43. The molecule has 1 aromatic rings. The highest BCUT2D eigenvalue weighted by atomic mass is 19.1. The topological polar surface area (TPSA) is 32.8 Å². The van der Waals surface area contributed by atoms with Gasteiger partial charge in [-0.05, 0) is 31.8 Å². The number of carbonyl (C=O) groups excluding carboxylic acids is 1. The first kappa shape index (κ1) is 14.9. The highest BCUT2D eigenvalue weighted by Gasteiger charge is 2.27. The molecule has 0 spiro atoms. The van der Waals surface area contributed by atoms with Gasteiger partial charge in [-0.3, -0.25) is 4.79 Å². The van der Waals surface area contributed by atoms with Gasteiger partial charge in [-0.2, -0.15) is 0 Å². The van der Waals surface area contributed by atoms with E-state index >= 15 is 0 Å². The first-order valence-corrected chi connectivity index (χ1v) is 6.82. The molecule has 110 valence electrons. The van der Waals surface area contributed by atoms with Crippen molar-refractivity contribution in [3.8, 4) is 0 Å². The molecule has 0 radical (unpaired) electrons. The lowest BCUT2D eigenvalue weighted by molar-refractivity contribution is -0.139. The molecule has 5 heteroatoms. The van der Waals surface area contributed by atoms with Crippen LogP contribution in [0, 0.1) is 5.82 Å². The Morgan fingerprint density at radius 2 is 2.10 bits per heavy atom. The molecule has 0 bridgehead atoms. The molecule has 4 nitrogen and oxygen atoms in total. The summed E-state index contributed by atoms with van der Waals surface area (Å²) in [5, 5.41) is 0. The van der Waals surface area contributed by atoms with Crippen molar-refractivity contribution >= 4 is 5.91 Å². The van der Waals surface area contributed by atoms with Crippen LogP contribution in [0.15, 0.2) is 24.3 Å². The van der Waals surface area contributed by atoms with Crippen molar-refractivity contribution in [3.63, 3.8) is 0 Å². The second-order valence-electron chi connectivity index (χ2n) is 5.38. The molecular weight excluding hydrogens is 259 g/mol. The SMILES string of the molecule is CN(C)CC1COCCN1C(=O)Cc1ccc(F)cc1. The van der Waals surface area contributed by atoms with Gasteiger partial charge in [0.1, 0.15) is 5.82 Å². The Balaban J connectivity index is 2.00. The molecule has 1 atom stereocenters. The summed E-state index contributed by atoms with van der Waals surface area (Å²) in [6, 6.07) is 6.19. The lowest BCUT2D eigenvalue weighted by Crippen LogP contribution is -2.53. The number of halogens is 1. The van der Waals surface area contributed by atoms with Crippen LogP contribution in [0.25, 0.3) is 0 Å². The Bertz CT molecular complexity index is 448. The van der Waals surface area contributed by atoms with Crippen molar-refractivity contribution in [1.82, 2.24) is 9.80 Å². The second-order valence-corrected chi connectivity index (χ2v) is 5.38. The van der Waals surface area contributed by atoms with Crippen molar-refractivity contribution in [2.45, 2.75) is 12.5 Å². The van der Waals surface area contributed by atoms with E-state index in [4.69, 9.17) is 4.74 Å². The number of hydrogen-bond acceptors (Lipinski definition) is 3. The Kier molecular flexibility index (Phi) is 5.09. The van der Waals surface area contributed by atoms with Crippen molar-refractivity contribution in [2.24, 2.45) is 0 Å². The maximum absolute atomic E-state index is 12.9. The molecule has 1 saturated heterocycles. The van der Waals surface area contributed by atoms with Gasteiger partial charge in [-0.1, -0.05) is 12.1 Å². The minimum Gasteiger partial charge on any atom is -0.377 e. The van der Waals surface area contributed by atoms with E-state index < -0.39 is 0 Å². The van der Waals surface area contributed by atoms with E-state index in [0.717, 1.165) is 12.1 Å². The minimum atomic E-state index is -0.280. The standard InChI is InChI=1S/C15H21FN2O2/c1-17(2)10-14-11-20-8-7-18(14)15(19)9-12-3-5-13(16)6-4-12/h3-6,14H,7-11H2,1-2H3. The first-order chi connectivity index (χ1) is 9.56. The van der Waals surface area contributed by atoms with Crippen LogP contribution in [-0.4, -0.2) is 62.1 Å². The molecule has 1 aliphatic heterocycles. The number of ether oxygens (including phenoxy) is 1. The smallest absolute Gasteiger partial charge is 0.227 e. The number of hydrogen-bond donors (Lipinski definition) is 0. The Morgan fingerprint density at radius 1 is 1.40 bits per heavy atom. The average Bonchev–Trinajstić information content (AvgIpc) is 2.41. The van der Waals surface area contributed by atoms with Crippen LogP contribution >= 0.6 is 0 Å². The zero-order valence-corrected chi connectivity index (χ0v) is 12.0. The van der Waals surface area contributed by atoms with Gasteiger partial charge in [-0.15, -0.1) is 0 Å². The third-order valence-electron chi connectivity index (χ3n) is 3.39. The van der Waals surface area contributed by atoms with Crippen LogP contribution in [0.4, 0.5) is 4.39 Å². The number of benzene rings is 1. The fourth-order valence-electron chi connectivity index (χ4n) is 2.43. The fraction of sp³-hybridized carbons (Fsp3) is 0.533. The number of carbonyl (C=O) groups is 1. The van der Waals surface area contributed by atoms with Gasteiger partial charge in [0.15, 0.2) is 0 Å². The normalized spacial score (nSPS) is 19.4. The highest BCUT2D eigenvalue weighted by molar-refractivity contribution is 5.79. The van der Waals surface area contributed by atoms with Crippen LogP contribution in [0.3, 0.4) is 0 Å². The van der Waals surface area contributed by atoms with Crippen molar-refractivity contribution in [2.75, 3.05) is 40.4 Å². The molecule has 1 amide bonds. The molecule has 20 heavy (non-hydrogen) atoms. The van der Waals surface area contributed by atoms with E-state index in [0.29, 0.717) is 26.2 Å².